The molecule has 1 amide bonds. The standard InChI is InChI=1S/C24H25N3OS/c28-24(19-6-2-1-3-7-19)27-16-21(20-9-12-29-17-20)22-15-26(11-8-23(22)27)14-18-5-4-10-25-13-18/h1-7,9-10,12-13,17,21-23H,8,11,14-16H2/t21-,22-,23-/m0/s1. The number of benzene rings is 1. The van der Waals surface area contributed by atoms with Crippen molar-refractivity contribution in [2.45, 2.75) is 24.9 Å². The van der Waals surface area contributed by atoms with Crippen molar-refractivity contribution in [1.29, 1.82) is 0 Å². The number of pyridine rings is 1. The molecule has 3 aromatic rings. The van der Waals surface area contributed by atoms with Crippen LogP contribution in [0.15, 0.2) is 71.7 Å². The summed E-state index contributed by atoms with van der Waals surface area (Å²) in [5.41, 5.74) is 3.44. The van der Waals surface area contributed by atoms with Crippen LogP contribution in [0.25, 0.3) is 0 Å². The lowest BCUT2D eigenvalue weighted by Crippen LogP contribution is -2.47. The second kappa shape index (κ2) is 8.09. The fraction of sp³-hybridized carbons (Fsp3) is 0.333. The van der Waals surface area contributed by atoms with E-state index in [9.17, 15) is 4.79 Å². The molecule has 3 atom stereocenters. The van der Waals surface area contributed by atoms with E-state index in [4.69, 9.17) is 0 Å². The van der Waals surface area contributed by atoms with Crippen molar-refractivity contribution in [2.75, 3.05) is 19.6 Å². The third-order valence-electron chi connectivity index (χ3n) is 6.40. The molecule has 29 heavy (non-hydrogen) atoms. The molecule has 0 radical (unpaired) electrons. The lowest BCUT2D eigenvalue weighted by molar-refractivity contribution is 0.0614. The molecule has 5 rings (SSSR count). The largest absolute Gasteiger partial charge is 0.335 e. The fourth-order valence-corrected chi connectivity index (χ4v) is 5.74. The Morgan fingerprint density at radius 1 is 1.10 bits per heavy atom. The van der Waals surface area contributed by atoms with Crippen molar-refractivity contribution < 1.29 is 4.79 Å². The maximum atomic E-state index is 13.3. The highest BCUT2D eigenvalue weighted by Gasteiger charge is 2.47. The Kier molecular flexibility index (Phi) is 5.17. The Balaban J connectivity index is 1.39. The molecule has 2 aliphatic rings. The first-order chi connectivity index (χ1) is 14.3. The number of amides is 1. The molecule has 0 N–H and O–H groups in total. The summed E-state index contributed by atoms with van der Waals surface area (Å²) in [7, 11) is 0. The van der Waals surface area contributed by atoms with Crippen LogP contribution in [-0.4, -0.2) is 46.4 Å². The van der Waals surface area contributed by atoms with Crippen LogP contribution in [-0.2, 0) is 6.54 Å². The van der Waals surface area contributed by atoms with E-state index in [1.807, 2.05) is 48.8 Å². The second-order valence-corrected chi connectivity index (χ2v) is 8.88. The fourth-order valence-electron chi connectivity index (χ4n) is 5.02. The van der Waals surface area contributed by atoms with Gasteiger partial charge in [-0.15, -0.1) is 0 Å². The number of rotatable bonds is 4. The lowest BCUT2D eigenvalue weighted by atomic mass is 9.82. The van der Waals surface area contributed by atoms with Gasteiger partial charge in [-0.1, -0.05) is 24.3 Å². The minimum absolute atomic E-state index is 0.180. The maximum absolute atomic E-state index is 13.3. The van der Waals surface area contributed by atoms with Gasteiger partial charge in [0.2, 0.25) is 0 Å². The lowest BCUT2D eigenvalue weighted by Gasteiger charge is -2.39. The van der Waals surface area contributed by atoms with Crippen LogP contribution in [0.4, 0.5) is 0 Å². The summed E-state index contributed by atoms with van der Waals surface area (Å²) in [4.78, 5) is 22.3. The Labute approximate surface area is 175 Å². The number of carbonyl (C=O) groups is 1. The molecule has 5 heteroatoms. The first kappa shape index (κ1) is 18.5. The molecule has 2 aromatic heterocycles. The highest BCUT2D eigenvalue weighted by molar-refractivity contribution is 7.08. The molecule has 0 saturated carbocycles. The van der Waals surface area contributed by atoms with E-state index in [2.05, 4.69) is 37.7 Å². The van der Waals surface area contributed by atoms with Crippen molar-refractivity contribution >= 4 is 17.2 Å². The van der Waals surface area contributed by atoms with Crippen molar-refractivity contribution in [3.63, 3.8) is 0 Å². The van der Waals surface area contributed by atoms with Gasteiger partial charge in [0, 0.05) is 62.0 Å². The molecule has 2 aliphatic heterocycles. The van der Waals surface area contributed by atoms with Crippen molar-refractivity contribution in [1.82, 2.24) is 14.8 Å². The molecule has 1 aromatic carbocycles. The quantitative estimate of drug-likeness (QED) is 0.653. The number of likely N-dealkylation sites (tertiary alicyclic amines) is 2. The first-order valence-electron chi connectivity index (χ1n) is 10.3. The van der Waals surface area contributed by atoms with Gasteiger partial charge in [-0.3, -0.25) is 14.7 Å². The minimum Gasteiger partial charge on any atom is -0.335 e. The minimum atomic E-state index is 0.180. The average Bonchev–Trinajstić information content (AvgIpc) is 3.42. The van der Waals surface area contributed by atoms with E-state index >= 15 is 0 Å². The molecule has 0 spiro atoms. The molecular formula is C24H25N3OS. The zero-order valence-electron chi connectivity index (χ0n) is 16.4. The van der Waals surface area contributed by atoms with Gasteiger partial charge < -0.3 is 4.90 Å². The van der Waals surface area contributed by atoms with Crippen LogP contribution < -0.4 is 0 Å². The Hall–Kier alpha value is -2.50. The van der Waals surface area contributed by atoms with Gasteiger partial charge in [0.25, 0.3) is 5.91 Å². The van der Waals surface area contributed by atoms with E-state index in [-0.39, 0.29) is 5.91 Å². The number of nitrogens with zero attached hydrogens (tertiary/aromatic N) is 3. The zero-order chi connectivity index (χ0) is 19.6. The molecule has 0 unspecified atom stereocenters. The summed E-state index contributed by atoms with van der Waals surface area (Å²) in [5.74, 6) is 1.07. The van der Waals surface area contributed by atoms with Crippen molar-refractivity contribution in [3.05, 3.63) is 88.4 Å². The Morgan fingerprint density at radius 3 is 2.76 bits per heavy atom. The number of fused-ring (bicyclic) bond motifs is 1. The molecular weight excluding hydrogens is 378 g/mol. The number of hydrogen-bond acceptors (Lipinski definition) is 4. The Morgan fingerprint density at radius 2 is 2.00 bits per heavy atom. The maximum Gasteiger partial charge on any atom is 0.254 e. The average molecular weight is 404 g/mol. The van der Waals surface area contributed by atoms with Gasteiger partial charge in [-0.2, -0.15) is 11.3 Å². The molecule has 2 saturated heterocycles. The van der Waals surface area contributed by atoms with Gasteiger partial charge in [-0.25, -0.2) is 0 Å². The highest BCUT2D eigenvalue weighted by Crippen LogP contribution is 2.42. The number of hydrogen-bond donors (Lipinski definition) is 0. The van der Waals surface area contributed by atoms with Crippen LogP contribution in [0.1, 0.15) is 33.8 Å². The highest BCUT2D eigenvalue weighted by atomic mass is 32.1. The molecule has 4 heterocycles. The molecule has 4 nitrogen and oxygen atoms in total. The smallest absolute Gasteiger partial charge is 0.254 e. The summed E-state index contributed by atoms with van der Waals surface area (Å²) in [6.07, 6.45) is 4.82. The van der Waals surface area contributed by atoms with Gasteiger partial charge in [0.1, 0.15) is 0 Å². The van der Waals surface area contributed by atoms with Gasteiger partial charge in [0.05, 0.1) is 0 Å². The number of aromatic nitrogens is 1. The molecule has 2 fully saturated rings. The molecule has 148 valence electrons. The monoisotopic (exact) mass is 403 g/mol. The predicted molar refractivity (Wildman–Crippen MR) is 116 cm³/mol. The van der Waals surface area contributed by atoms with Crippen molar-refractivity contribution in [3.8, 4) is 0 Å². The first-order valence-corrected chi connectivity index (χ1v) is 11.2. The Bertz CT molecular complexity index is 945. The normalized spacial score (nSPS) is 24.4. The van der Waals surface area contributed by atoms with E-state index in [1.54, 1.807) is 11.3 Å². The van der Waals surface area contributed by atoms with Gasteiger partial charge in [-0.05, 0) is 52.6 Å². The van der Waals surface area contributed by atoms with E-state index in [1.165, 1.54) is 11.1 Å². The summed E-state index contributed by atoms with van der Waals surface area (Å²) >= 11 is 1.75. The number of thiophene rings is 1. The van der Waals surface area contributed by atoms with Gasteiger partial charge >= 0.3 is 0 Å². The summed E-state index contributed by atoms with van der Waals surface area (Å²) in [6, 6.07) is 16.5. The SMILES string of the molecule is O=C(c1ccccc1)N1C[C@@H](c2ccsc2)[C@@H]2CN(Cc3cccnc3)CC[C@@H]21. The molecule has 0 aliphatic carbocycles. The van der Waals surface area contributed by atoms with E-state index < -0.39 is 0 Å². The van der Waals surface area contributed by atoms with Crippen LogP contribution in [0, 0.1) is 5.92 Å². The van der Waals surface area contributed by atoms with Gasteiger partial charge in [0.15, 0.2) is 0 Å². The van der Waals surface area contributed by atoms with Crippen LogP contribution in [0.5, 0.6) is 0 Å². The summed E-state index contributed by atoms with van der Waals surface area (Å²) in [5, 5.41) is 4.42. The van der Waals surface area contributed by atoms with Crippen molar-refractivity contribution in [2.24, 2.45) is 5.92 Å². The topological polar surface area (TPSA) is 36.4 Å². The number of carbonyl (C=O) groups excluding carboxylic acids is 1. The van der Waals surface area contributed by atoms with Crippen LogP contribution >= 0.6 is 11.3 Å². The van der Waals surface area contributed by atoms with E-state index in [0.29, 0.717) is 17.9 Å². The number of piperidine rings is 1. The summed E-state index contributed by atoms with van der Waals surface area (Å²) in [6.45, 7) is 3.80. The van der Waals surface area contributed by atoms with Crippen LogP contribution in [0.2, 0.25) is 0 Å². The predicted octanol–water partition coefficient (Wildman–Crippen LogP) is 4.27. The second-order valence-electron chi connectivity index (χ2n) is 8.10. The third-order valence-corrected chi connectivity index (χ3v) is 7.10. The van der Waals surface area contributed by atoms with E-state index in [0.717, 1.165) is 38.2 Å². The zero-order valence-corrected chi connectivity index (χ0v) is 17.2. The molecule has 0 bridgehead atoms. The van der Waals surface area contributed by atoms with Crippen LogP contribution in [0.3, 0.4) is 0 Å². The third kappa shape index (κ3) is 3.72. The summed E-state index contributed by atoms with van der Waals surface area (Å²) < 4.78 is 0.